The summed E-state index contributed by atoms with van der Waals surface area (Å²) in [6.07, 6.45) is 7.99. The van der Waals surface area contributed by atoms with Crippen LogP contribution in [0.25, 0.3) is 0 Å². The molecule has 1 unspecified atom stereocenters. The Morgan fingerprint density at radius 3 is 2.39 bits per heavy atom. The van der Waals surface area contributed by atoms with Gasteiger partial charge in [0.05, 0.1) is 4.75 Å². The van der Waals surface area contributed by atoms with Gasteiger partial charge in [-0.05, 0) is 40.0 Å². The van der Waals surface area contributed by atoms with E-state index in [1.54, 1.807) is 25.1 Å². The largest absolute Gasteiger partial charge is 0.219 e. The Bertz CT molecular complexity index is 343. The molecular weight excluding hydrogens is 246 g/mol. The molecule has 4 heteroatoms. The van der Waals surface area contributed by atoms with E-state index in [1.165, 1.54) is 19.3 Å². The molecule has 0 N–H and O–H groups in total. The normalized spacial score (nSPS) is 22.6. The van der Waals surface area contributed by atoms with Crippen LogP contribution < -0.4 is 0 Å². The van der Waals surface area contributed by atoms with Crippen LogP contribution in [-0.4, -0.2) is 30.1 Å². The SMILES string of the molecule is CCCCCCC1CCCN1S(=O)(=O)C(C)(C)C. The van der Waals surface area contributed by atoms with Crippen molar-refractivity contribution in [2.24, 2.45) is 0 Å². The highest BCUT2D eigenvalue weighted by Gasteiger charge is 2.40. The molecule has 0 amide bonds. The highest BCUT2D eigenvalue weighted by atomic mass is 32.2. The molecule has 0 aliphatic carbocycles. The number of unbranched alkanes of at least 4 members (excludes halogenated alkanes) is 3. The van der Waals surface area contributed by atoms with Crippen LogP contribution >= 0.6 is 0 Å². The molecule has 1 heterocycles. The Balaban J connectivity index is 2.60. The first kappa shape index (κ1) is 16.0. The van der Waals surface area contributed by atoms with Gasteiger partial charge >= 0.3 is 0 Å². The van der Waals surface area contributed by atoms with Crippen molar-refractivity contribution in [2.45, 2.75) is 83.4 Å². The molecule has 0 aromatic carbocycles. The first-order chi connectivity index (χ1) is 8.30. The van der Waals surface area contributed by atoms with Gasteiger partial charge in [-0.25, -0.2) is 8.42 Å². The number of nitrogens with zero attached hydrogens (tertiary/aromatic N) is 1. The van der Waals surface area contributed by atoms with Crippen LogP contribution in [0.4, 0.5) is 0 Å². The predicted molar refractivity (Wildman–Crippen MR) is 77.2 cm³/mol. The van der Waals surface area contributed by atoms with Crippen LogP contribution in [0, 0.1) is 0 Å². The van der Waals surface area contributed by atoms with E-state index in [9.17, 15) is 8.42 Å². The second kappa shape index (κ2) is 6.38. The summed E-state index contributed by atoms with van der Waals surface area (Å²) in [6, 6.07) is 0.256. The van der Waals surface area contributed by atoms with Gasteiger partial charge in [0.25, 0.3) is 0 Å². The van der Waals surface area contributed by atoms with Gasteiger partial charge < -0.3 is 0 Å². The van der Waals surface area contributed by atoms with E-state index in [2.05, 4.69) is 6.92 Å². The highest BCUT2D eigenvalue weighted by molar-refractivity contribution is 7.90. The Labute approximate surface area is 113 Å². The van der Waals surface area contributed by atoms with Crippen molar-refractivity contribution in [2.75, 3.05) is 6.54 Å². The van der Waals surface area contributed by atoms with E-state index in [1.807, 2.05) is 0 Å². The molecule has 0 radical (unpaired) electrons. The molecule has 108 valence electrons. The van der Waals surface area contributed by atoms with E-state index < -0.39 is 14.8 Å². The summed E-state index contributed by atoms with van der Waals surface area (Å²) in [5.74, 6) is 0. The summed E-state index contributed by atoms with van der Waals surface area (Å²) in [7, 11) is -3.13. The molecule has 1 aliphatic rings. The van der Waals surface area contributed by atoms with Gasteiger partial charge in [0.2, 0.25) is 10.0 Å². The van der Waals surface area contributed by atoms with E-state index in [4.69, 9.17) is 0 Å². The molecule has 1 aliphatic heterocycles. The van der Waals surface area contributed by atoms with Crippen molar-refractivity contribution in [3.63, 3.8) is 0 Å². The summed E-state index contributed by atoms with van der Waals surface area (Å²) in [5, 5.41) is 0. The summed E-state index contributed by atoms with van der Waals surface area (Å²) in [6.45, 7) is 8.32. The predicted octanol–water partition coefficient (Wildman–Crippen LogP) is 3.55. The fourth-order valence-corrected chi connectivity index (χ4v) is 4.25. The molecule has 0 spiro atoms. The van der Waals surface area contributed by atoms with Gasteiger partial charge in [0.15, 0.2) is 0 Å². The smallest absolute Gasteiger partial charge is 0.212 e. The summed E-state index contributed by atoms with van der Waals surface area (Å²) in [5.41, 5.74) is 0. The lowest BCUT2D eigenvalue weighted by molar-refractivity contribution is 0.349. The maximum absolute atomic E-state index is 12.5. The highest BCUT2D eigenvalue weighted by Crippen LogP contribution is 2.31. The zero-order chi connectivity index (χ0) is 13.8. The fraction of sp³-hybridized carbons (Fsp3) is 1.00. The number of hydrogen-bond donors (Lipinski definition) is 0. The summed E-state index contributed by atoms with van der Waals surface area (Å²) >= 11 is 0. The lowest BCUT2D eigenvalue weighted by atomic mass is 10.1. The van der Waals surface area contributed by atoms with Crippen molar-refractivity contribution in [3.8, 4) is 0 Å². The van der Waals surface area contributed by atoms with Crippen molar-refractivity contribution in [1.29, 1.82) is 0 Å². The van der Waals surface area contributed by atoms with Gasteiger partial charge in [-0.15, -0.1) is 0 Å². The van der Waals surface area contributed by atoms with Gasteiger partial charge in [-0.2, -0.15) is 4.31 Å². The van der Waals surface area contributed by atoms with E-state index >= 15 is 0 Å². The van der Waals surface area contributed by atoms with Crippen molar-refractivity contribution >= 4 is 10.0 Å². The Morgan fingerprint density at radius 2 is 1.83 bits per heavy atom. The second-order valence-electron chi connectivity index (χ2n) is 6.37. The van der Waals surface area contributed by atoms with Crippen LogP contribution in [0.3, 0.4) is 0 Å². The third-order valence-electron chi connectivity index (χ3n) is 3.80. The molecule has 1 fully saturated rings. The Kier molecular flexibility index (Phi) is 5.66. The molecule has 0 saturated carbocycles. The lowest BCUT2D eigenvalue weighted by Gasteiger charge is -2.31. The second-order valence-corrected chi connectivity index (χ2v) is 9.02. The van der Waals surface area contributed by atoms with Crippen LogP contribution in [0.1, 0.15) is 72.6 Å². The Hall–Kier alpha value is -0.0900. The molecule has 3 nitrogen and oxygen atoms in total. The minimum Gasteiger partial charge on any atom is -0.212 e. The molecular formula is C14H29NO2S. The molecule has 0 aromatic rings. The maximum Gasteiger partial charge on any atom is 0.219 e. The average molecular weight is 275 g/mol. The van der Waals surface area contributed by atoms with Crippen LogP contribution in [-0.2, 0) is 10.0 Å². The minimum atomic E-state index is -3.13. The quantitative estimate of drug-likeness (QED) is 0.695. The zero-order valence-electron chi connectivity index (χ0n) is 12.4. The fourth-order valence-electron chi connectivity index (χ4n) is 2.57. The molecule has 0 aromatic heterocycles. The molecule has 1 saturated heterocycles. The van der Waals surface area contributed by atoms with Crippen LogP contribution in [0.2, 0.25) is 0 Å². The van der Waals surface area contributed by atoms with Gasteiger partial charge in [0.1, 0.15) is 0 Å². The number of hydrogen-bond acceptors (Lipinski definition) is 2. The molecule has 0 bridgehead atoms. The Morgan fingerprint density at radius 1 is 1.17 bits per heavy atom. The first-order valence-electron chi connectivity index (χ1n) is 7.32. The van der Waals surface area contributed by atoms with Crippen molar-refractivity contribution in [3.05, 3.63) is 0 Å². The van der Waals surface area contributed by atoms with Gasteiger partial charge in [-0.1, -0.05) is 32.6 Å². The van der Waals surface area contributed by atoms with E-state index in [0.29, 0.717) is 0 Å². The monoisotopic (exact) mass is 275 g/mol. The lowest BCUT2D eigenvalue weighted by Crippen LogP contribution is -2.45. The summed E-state index contributed by atoms with van der Waals surface area (Å²) < 4.78 is 26.1. The standard InChI is InChI=1S/C14H29NO2S/c1-5-6-7-8-10-13-11-9-12-15(13)18(16,17)14(2,3)4/h13H,5-12H2,1-4H3. The summed E-state index contributed by atoms with van der Waals surface area (Å²) in [4.78, 5) is 0. The van der Waals surface area contributed by atoms with Crippen LogP contribution in [0.15, 0.2) is 0 Å². The topological polar surface area (TPSA) is 37.4 Å². The van der Waals surface area contributed by atoms with Crippen molar-refractivity contribution < 1.29 is 8.42 Å². The van der Waals surface area contributed by atoms with E-state index in [0.717, 1.165) is 32.2 Å². The number of rotatable bonds is 6. The first-order valence-corrected chi connectivity index (χ1v) is 8.76. The molecule has 1 atom stereocenters. The average Bonchev–Trinajstić information content (AvgIpc) is 2.71. The minimum absolute atomic E-state index is 0.256. The van der Waals surface area contributed by atoms with Crippen molar-refractivity contribution in [1.82, 2.24) is 4.31 Å². The third-order valence-corrected chi connectivity index (χ3v) is 6.44. The zero-order valence-corrected chi connectivity index (χ0v) is 13.2. The number of sulfonamides is 1. The third kappa shape index (κ3) is 3.70. The van der Waals surface area contributed by atoms with Gasteiger partial charge in [0, 0.05) is 12.6 Å². The van der Waals surface area contributed by atoms with Crippen LogP contribution in [0.5, 0.6) is 0 Å². The molecule has 18 heavy (non-hydrogen) atoms. The maximum atomic E-state index is 12.5. The van der Waals surface area contributed by atoms with E-state index in [-0.39, 0.29) is 6.04 Å². The molecule has 1 rings (SSSR count). The van der Waals surface area contributed by atoms with Gasteiger partial charge in [-0.3, -0.25) is 0 Å².